The number of ether oxygens (including phenoxy) is 2. The van der Waals surface area contributed by atoms with Gasteiger partial charge in [-0.05, 0) is 48.9 Å². The number of hydrogen-bond acceptors (Lipinski definition) is 4. The Bertz CT molecular complexity index is 1520. The fourth-order valence-electron chi connectivity index (χ4n) is 4.37. The van der Waals surface area contributed by atoms with E-state index in [0.717, 1.165) is 11.1 Å². The quantitative estimate of drug-likeness (QED) is 0.265. The molecule has 188 valence electrons. The van der Waals surface area contributed by atoms with Crippen molar-refractivity contribution in [1.29, 1.82) is 0 Å². The van der Waals surface area contributed by atoms with Gasteiger partial charge in [0.25, 0.3) is 0 Å². The van der Waals surface area contributed by atoms with Gasteiger partial charge in [-0.15, -0.1) is 4.31 Å². The van der Waals surface area contributed by atoms with E-state index in [4.69, 9.17) is 21.1 Å². The SMILES string of the molecule is COc1ccc([C@@H]2OC(c3ccccc3)=C[C@@H](c3ccccc3Cl)N2S(=O)(=O)c2ccc(C)cc2)cc1. The summed E-state index contributed by atoms with van der Waals surface area (Å²) in [6.45, 7) is 1.92. The van der Waals surface area contributed by atoms with Crippen LogP contribution in [0.5, 0.6) is 5.75 Å². The van der Waals surface area contributed by atoms with Crippen molar-refractivity contribution in [2.24, 2.45) is 0 Å². The fourth-order valence-corrected chi connectivity index (χ4v) is 6.23. The molecular weight excluding hydrogens is 506 g/mol. The smallest absolute Gasteiger partial charge is 0.247 e. The van der Waals surface area contributed by atoms with E-state index in [0.29, 0.717) is 27.7 Å². The Morgan fingerprint density at radius 1 is 0.838 bits per heavy atom. The molecule has 0 N–H and O–H groups in total. The molecular formula is C30H26ClNO4S. The van der Waals surface area contributed by atoms with Crippen LogP contribution in [0.1, 0.15) is 34.5 Å². The van der Waals surface area contributed by atoms with Crippen molar-refractivity contribution in [1.82, 2.24) is 4.31 Å². The highest BCUT2D eigenvalue weighted by Crippen LogP contribution is 2.46. The minimum absolute atomic E-state index is 0.175. The largest absolute Gasteiger partial charge is 0.497 e. The van der Waals surface area contributed by atoms with E-state index in [9.17, 15) is 8.42 Å². The van der Waals surface area contributed by atoms with Gasteiger partial charge in [0.1, 0.15) is 11.5 Å². The minimum Gasteiger partial charge on any atom is -0.497 e. The molecule has 0 spiro atoms. The number of methoxy groups -OCH3 is 1. The van der Waals surface area contributed by atoms with Crippen LogP contribution in [0.4, 0.5) is 0 Å². The Kier molecular flexibility index (Phi) is 7.07. The molecule has 0 unspecified atom stereocenters. The molecule has 7 heteroatoms. The first-order chi connectivity index (χ1) is 17.9. The fraction of sp³-hybridized carbons (Fsp3) is 0.133. The molecule has 1 aliphatic heterocycles. The average Bonchev–Trinajstić information content (AvgIpc) is 2.93. The zero-order valence-corrected chi connectivity index (χ0v) is 22.0. The molecule has 0 fully saturated rings. The molecule has 0 aromatic heterocycles. The summed E-state index contributed by atoms with van der Waals surface area (Å²) in [6.07, 6.45) is 0.862. The Hall–Kier alpha value is -3.58. The molecule has 1 aliphatic rings. The van der Waals surface area contributed by atoms with Crippen molar-refractivity contribution in [3.63, 3.8) is 0 Å². The van der Waals surface area contributed by atoms with Crippen molar-refractivity contribution in [3.8, 4) is 5.75 Å². The van der Waals surface area contributed by atoms with Crippen LogP contribution in [0.3, 0.4) is 0 Å². The lowest BCUT2D eigenvalue weighted by atomic mass is 10.0. The molecule has 0 amide bonds. The second-order valence-electron chi connectivity index (χ2n) is 8.75. The average molecular weight is 532 g/mol. The van der Waals surface area contributed by atoms with Gasteiger partial charge in [0.2, 0.25) is 10.0 Å². The van der Waals surface area contributed by atoms with E-state index in [1.54, 1.807) is 49.6 Å². The normalized spacial score (nSPS) is 18.1. The summed E-state index contributed by atoms with van der Waals surface area (Å²) < 4.78 is 41.8. The topological polar surface area (TPSA) is 55.8 Å². The van der Waals surface area contributed by atoms with Gasteiger partial charge < -0.3 is 9.47 Å². The van der Waals surface area contributed by atoms with Gasteiger partial charge in [0.05, 0.1) is 18.0 Å². The first-order valence-electron chi connectivity index (χ1n) is 11.8. The van der Waals surface area contributed by atoms with Gasteiger partial charge in [-0.3, -0.25) is 0 Å². The molecule has 0 saturated carbocycles. The number of aryl methyl sites for hydroxylation is 1. The van der Waals surface area contributed by atoms with Crippen molar-refractivity contribution in [3.05, 3.63) is 136 Å². The zero-order chi connectivity index (χ0) is 26.0. The van der Waals surface area contributed by atoms with Crippen molar-refractivity contribution < 1.29 is 17.9 Å². The van der Waals surface area contributed by atoms with Crippen LogP contribution in [0, 0.1) is 6.92 Å². The number of sulfonamides is 1. The highest BCUT2D eigenvalue weighted by Gasteiger charge is 2.43. The molecule has 0 aliphatic carbocycles. The molecule has 2 atom stereocenters. The minimum atomic E-state index is -4.04. The predicted molar refractivity (Wildman–Crippen MR) is 146 cm³/mol. The lowest BCUT2D eigenvalue weighted by molar-refractivity contribution is 0.0295. The zero-order valence-electron chi connectivity index (χ0n) is 20.4. The van der Waals surface area contributed by atoms with E-state index >= 15 is 0 Å². The first kappa shape index (κ1) is 25.1. The number of halogens is 1. The van der Waals surface area contributed by atoms with Gasteiger partial charge in [0.15, 0.2) is 6.23 Å². The third-order valence-corrected chi connectivity index (χ3v) is 8.52. The summed E-state index contributed by atoms with van der Waals surface area (Å²) in [6, 6.07) is 30.2. The molecule has 0 bridgehead atoms. The van der Waals surface area contributed by atoms with Crippen molar-refractivity contribution >= 4 is 27.4 Å². The van der Waals surface area contributed by atoms with Gasteiger partial charge >= 0.3 is 0 Å². The van der Waals surface area contributed by atoms with Crippen LogP contribution < -0.4 is 4.74 Å². The second-order valence-corrected chi connectivity index (χ2v) is 11.0. The first-order valence-corrected chi connectivity index (χ1v) is 13.6. The number of rotatable bonds is 6. The lowest BCUT2D eigenvalue weighted by Crippen LogP contribution is -2.41. The number of nitrogens with zero attached hydrogens (tertiary/aromatic N) is 1. The maximum Gasteiger partial charge on any atom is 0.247 e. The van der Waals surface area contributed by atoms with Gasteiger partial charge in [0, 0.05) is 16.1 Å². The molecule has 4 aromatic carbocycles. The van der Waals surface area contributed by atoms with Crippen molar-refractivity contribution in [2.75, 3.05) is 7.11 Å². The Labute approximate surface area is 222 Å². The Morgan fingerprint density at radius 2 is 1.49 bits per heavy atom. The summed E-state index contributed by atoms with van der Waals surface area (Å²) in [4.78, 5) is 0.175. The molecule has 4 aromatic rings. The third-order valence-electron chi connectivity index (χ3n) is 6.33. The van der Waals surface area contributed by atoms with E-state index in [1.807, 2.05) is 73.7 Å². The highest BCUT2D eigenvalue weighted by molar-refractivity contribution is 7.89. The van der Waals surface area contributed by atoms with Crippen molar-refractivity contribution in [2.45, 2.75) is 24.1 Å². The van der Waals surface area contributed by atoms with Crippen LogP contribution in [0.25, 0.3) is 5.76 Å². The number of benzene rings is 4. The summed E-state index contributed by atoms with van der Waals surface area (Å²) in [5.74, 6) is 1.23. The van der Waals surface area contributed by atoms with E-state index in [1.165, 1.54) is 4.31 Å². The van der Waals surface area contributed by atoms with E-state index in [2.05, 4.69) is 0 Å². The molecule has 0 saturated heterocycles. The lowest BCUT2D eigenvalue weighted by Gasteiger charge is -2.40. The molecule has 0 radical (unpaired) electrons. The summed E-state index contributed by atoms with van der Waals surface area (Å²) in [7, 11) is -2.45. The molecule has 5 nitrogen and oxygen atoms in total. The van der Waals surface area contributed by atoms with Gasteiger partial charge in [-0.1, -0.05) is 90.0 Å². The molecule has 5 rings (SSSR count). The summed E-state index contributed by atoms with van der Waals surface area (Å²) in [5, 5.41) is 0.468. The Balaban J connectivity index is 1.75. The van der Waals surface area contributed by atoms with E-state index in [-0.39, 0.29) is 4.90 Å². The summed E-state index contributed by atoms with van der Waals surface area (Å²) in [5.41, 5.74) is 3.13. The van der Waals surface area contributed by atoms with Crippen LogP contribution in [-0.2, 0) is 14.8 Å². The van der Waals surface area contributed by atoms with Gasteiger partial charge in [-0.2, -0.15) is 0 Å². The maximum absolute atomic E-state index is 14.3. The van der Waals surface area contributed by atoms with Crippen LogP contribution >= 0.6 is 11.6 Å². The third kappa shape index (κ3) is 5.01. The van der Waals surface area contributed by atoms with E-state index < -0.39 is 22.3 Å². The standard InChI is InChI=1S/C30H26ClNO4S/c1-21-12-18-25(19-13-21)37(33,34)32-28(26-10-6-7-11-27(26)31)20-29(22-8-4-3-5-9-22)36-30(32)23-14-16-24(35-2)17-15-23/h3-20,28,30H,1-2H3/t28-,30-/m0/s1. The van der Waals surface area contributed by atoms with Gasteiger partial charge in [-0.25, -0.2) is 8.42 Å². The Morgan fingerprint density at radius 3 is 2.14 bits per heavy atom. The van der Waals surface area contributed by atoms with Crippen LogP contribution in [0.2, 0.25) is 5.02 Å². The van der Waals surface area contributed by atoms with Crippen LogP contribution in [-0.4, -0.2) is 19.8 Å². The number of hydrogen-bond donors (Lipinski definition) is 0. The highest BCUT2D eigenvalue weighted by atomic mass is 35.5. The monoisotopic (exact) mass is 531 g/mol. The predicted octanol–water partition coefficient (Wildman–Crippen LogP) is 7.16. The second kappa shape index (κ2) is 10.4. The van der Waals surface area contributed by atoms with Crippen LogP contribution in [0.15, 0.2) is 114 Å². The molecule has 37 heavy (non-hydrogen) atoms. The summed E-state index contributed by atoms with van der Waals surface area (Å²) >= 11 is 6.66. The molecule has 1 heterocycles. The maximum atomic E-state index is 14.3.